The topological polar surface area (TPSA) is 78.4 Å². The Morgan fingerprint density at radius 3 is 2.74 bits per heavy atom. The number of benzene rings is 1. The quantitative estimate of drug-likeness (QED) is 0.745. The van der Waals surface area contributed by atoms with Gasteiger partial charge in [0.25, 0.3) is 10.2 Å². The van der Waals surface area contributed by atoms with Gasteiger partial charge in [0.15, 0.2) is 0 Å². The van der Waals surface area contributed by atoms with E-state index in [-0.39, 0.29) is 5.92 Å². The lowest BCUT2D eigenvalue weighted by Gasteiger charge is -2.18. The second-order valence-electron chi connectivity index (χ2n) is 5.31. The van der Waals surface area contributed by atoms with Gasteiger partial charge < -0.3 is 5.11 Å². The molecule has 0 amide bonds. The number of aliphatic hydroxyl groups is 1. The first-order valence-corrected chi connectivity index (χ1v) is 7.90. The van der Waals surface area contributed by atoms with Crippen LogP contribution in [-0.2, 0) is 16.6 Å². The van der Waals surface area contributed by atoms with E-state index in [1.165, 1.54) is 0 Å². The third-order valence-electron chi connectivity index (χ3n) is 3.17. The molecule has 1 aromatic carbocycles. The summed E-state index contributed by atoms with van der Waals surface area (Å²) in [5.74, 6) is 0.234. The van der Waals surface area contributed by atoms with Gasteiger partial charge in [-0.2, -0.15) is 13.1 Å². The minimum atomic E-state index is -3.60. The average molecular weight is 284 g/mol. The Balaban J connectivity index is 2.11. The smallest absolute Gasteiger partial charge is 0.277 e. The van der Waals surface area contributed by atoms with E-state index in [0.717, 1.165) is 11.1 Å². The Morgan fingerprint density at radius 2 is 2.05 bits per heavy atom. The van der Waals surface area contributed by atoms with Crippen LogP contribution in [0.2, 0.25) is 0 Å². The van der Waals surface area contributed by atoms with Crippen molar-refractivity contribution in [3.63, 3.8) is 0 Å². The average Bonchev–Trinajstić information content (AvgIpc) is 2.64. The van der Waals surface area contributed by atoms with Crippen molar-refractivity contribution in [3.8, 4) is 0 Å². The zero-order valence-corrected chi connectivity index (χ0v) is 11.9. The van der Waals surface area contributed by atoms with E-state index < -0.39 is 22.4 Å². The molecule has 1 aliphatic carbocycles. The third-order valence-corrected chi connectivity index (χ3v) is 4.28. The molecule has 0 radical (unpaired) electrons. The normalized spacial score (nSPS) is 22.7. The van der Waals surface area contributed by atoms with Gasteiger partial charge in [-0.15, -0.1) is 0 Å². The molecule has 0 bridgehead atoms. The molecule has 0 fully saturated rings. The summed E-state index contributed by atoms with van der Waals surface area (Å²) >= 11 is 0. The Kier molecular flexibility index (Phi) is 4.25. The molecule has 0 spiro atoms. The summed E-state index contributed by atoms with van der Waals surface area (Å²) in [5, 5.41) is 10.00. The SMILES string of the molecule is CC(C)CNS(=O)(=O)N[C@@H]1c2ccccc2C[C@@H]1O. The Morgan fingerprint density at radius 1 is 1.37 bits per heavy atom. The third kappa shape index (κ3) is 3.54. The molecule has 2 atom stereocenters. The molecule has 0 saturated carbocycles. The van der Waals surface area contributed by atoms with Crippen LogP contribution in [0.4, 0.5) is 0 Å². The van der Waals surface area contributed by atoms with Crippen molar-refractivity contribution in [1.82, 2.24) is 9.44 Å². The molecule has 0 heterocycles. The summed E-state index contributed by atoms with van der Waals surface area (Å²) in [6, 6.07) is 6.93. The monoisotopic (exact) mass is 284 g/mol. The van der Waals surface area contributed by atoms with E-state index >= 15 is 0 Å². The molecule has 1 aromatic rings. The molecular formula is C13H20N2O3S. The van der Waals surface area contributed by atoms with Crippen molar-refractivity contribution in [2.45, 2.75) is 32.4 Å². The maximum absolute atomic E-state index is 11.9. The molecular weight excluding hydrogens is 264 g/mol. The number of hydrogen-bond acceptors (Lipinski definition) is 3. The fourth-order valence-electron chi connectivity index (χ4n) is 2.20. The standard InChI is InChI=1S/C13H20N2O3S/c1-9(2)8-14-19(17,18)15-13-11-6-4-3-5-10(11)7-12(13)16/h3-6,9,12-16H,7-8H2,1-2H3/t12-,13+/m0/s1. The fourth-order valence-corrected chi connectivity index (χ4v) is 3.46. The second kappa shape index (κ2) is 5.58. The van der Waals surface area contributed by atoms with Crippen LogP contribution in [0.25, 0.3) is 0 Å². The lowest BCUT2D eigenvalue weighted by molar-refractivity contribution is 0.151. The van der Waals surface area contributed by atoms with Gasteiger partial charge in [0.2, 0.25) is 0 Å². The summed E-state index contributed by atoms with van der Waals surface area (Å²) < 4.78 is 28.8. The van der Waals surface area contributed by atoms with Crippen molar-refractivity contribution in [2.75, 3.05) is 6.54 Å². The highest BCUT2D eigenvalue weighted by atomic mass is 32.2. The van der Waals surface area contributed by atoms with Crippen LogP contribution < -0.4 is 9.44 Å². The molecule has 106 valence electrons. The Bertz CT molecular complexity index is 543. The van der Waals surface area contributed by atoms with Crippen molar-refractivity contribution >= 4 is 10.2 Å². The van der Waals surface area contributed by atoms with Gasteiger partial charge in [0.1, 0.15) is 0 Å². The van der Waals surface area contributed by atoms with Gasteiger partial charge in [-0.1, -0.05) is 38.1 Å². The van der Waals surface area contributed by atoms with E-state index in [0.29, 0.717) is 13.0 Å². The molecule has 3 N–H and O–H groups in total. The summed E-state index contributed by atoms with van der Waals surface area (Å²) in [5.41, 5.74) is 1.84. The van der Waals surface area contributed by atoms with Gasteiger partial charge in [0.05, 0.1) is 12.1 Å². The van der Waals surface area contributed by atoms with Crippen molar-refractivity contribution in [2.24, 2.45) is 5.92 Å². The molecule has 2 rings (SSSR count). The molecule has 0 unspecified atom stereocenters. The van der Waals surface area contributed by atoms with E-state index in [1.54, 1.807) is 0 Å². The van der Waals surface area contributed by atoms with Crippen LogP contribution in [-0.4, -0.2) is 26.2 Å². The second-order valence-corrected chi connectivity index (χ2v) is 6.84. The first-order valence-electron chi connectivity index (χ1n) is 6.42. The maximum Gasteiger partial charge on any atom is 0.277 e. The van der Waals surface area contributed by atoms with Gasteiger partial charge in [-0.3, -0.25) is 0 Å². The van der Waals surface area contributed by atoms with E-state index in [2.05, 4.69) is 9.44 Å². The highest BCUT2D eigenvalue weighted by Crippen LogP contribution is 2.31. The van der Waals surface area contributed by atoms with Crippen LogP contribution in [0.5, 0.6) is 0 Å². The zero-order valence-electron chi connectivity index (χ0n) is 11.1. The summed E-state index contributed by atoms with van der Waals surface area (Å²) in [4.78, 5) is 0. The van der Waals surface area contributed by atoms with E-state index in [4.69, 9.17) is 0 Å². The summed E-state index contributed by atoms with van der Waals surface area (Å²) in [6.45, 7) is 4.24. The first kappa shape index (κ1) is 14.5. The van der Waals surface area contributed by atoms with E-state index in [1.807, 2.05) is 38.1 Å². The minimum absolute atomic E-state index is 0.234. The van der Waals surface area contributed by atoms with Gasteiger partial charge in [-0.25, -0.2) is 4.72 Å². The maximum atomic E-state index is 11.9. The van der Waals surface area contributed by atoms with Gasteiger partial charge in [0, 0.05) is 13.0 Å². The summed E-state index contributed by atoms with van der Waals surface area (Å²) in [6.07, 6.45) is -0.235. The zero-order chi connectivity index (χ0) is 14.0. The van der Waals surface area contributed by atoms with Crippen molar-refractivity contribution < 1.29 is 13.5 Å². The van der Waals surface area contributed by atoms with Crippen LogP contribution in [0.15, 0.2) is 24.3 Å². The van der Waals surface area contributed by atoms with Crippen molar-refractivity contribution in [3.05, 3.63) is 35.4 Å². The minimum Gasteiger partial charge on any atom is -0.391 e. The largest absolute Gasteiger partial charge is 0.391 e. The number of hydrogen-bond donors (Lipinski definition) is 3. The number of fused-ring (bicyclic) bond motifs is 1. The fraction of sp³-hybridized carbons (Fsp3) is 0.538. The number of aliphatic hydroxyl groups excluding tert-OH is 1. The number of rotatable bonds is 5. The molecule has 1 aliphatic rings. The molecule has 19 heavy (non-hydrogen) atoms. The van der Waals surface area contributed by atoms with Crippen LogP contribution in [0.1, 0.15) is 31.0 Å². The first-order chi connectivity index (χ1) is 8.89. The Labute approximate surface area is 114 Å². The van der Waals surface area contributed by atoms with Crippen LogP contribution >= 0.6 is 0 Å². The number of nitrogens with one attached hydrogen (secondary N) is 2. The van der Waals surface area contributed by atoms with Crippen LogP contribution in [0, 0.1) is 5.92 Å². The molecule has 0 saturated heterocycles. The lowest BCUT2D eigenvalue weighted by atomic mass is 10.1. The predicted octanol–water partition coefficient (Wildman–Crippen LogP) is 0.725. The van der Waals surface area contributed by atoms with Gasteiger partial charge in [-0.05, 0) is 17.0 Å². The van der Waals surface area contributed by atoms with Crippen LogP contribution in [0.3, 0.4) is 0 Å². The molecule has 5 nitrogen and oxygen atoms in total. The van der Waals surface area contributed by atoms with Crippen molar-refractivity contribution in [1.29, 1.82) is 0 Å². The van der Waals surface area contributed by atoms with Gasteiger partial charge >= 0.3 is 0 Å². The van der Waals surface area contributed by atoms with E-state index in [9.17, 15) is 13.5 Å². The Hall–Kier alpha value is -0.950. The lowest BCUT2D eigenvalue weighted by Crippen LogP contribution is -2.42. The summed E-state index contributed by atoms with van der Waals surface area (Å²) in [7, 11) is -3.60. The predicted molar refractivity (Wildman–Crippen MR) is 73.8 cm³/mol. The molecule has 0 aliphatic heterocycles. The molecule has 0 aromatic heterocycles. The molecule has 6 heteroatoms. The highest BCUT2D eigenvalue weighted by molar-refractivity contribution is 7.87. The highest BCUT2D eigenvalue weighted by Gasteiger charge is 2.33.